The third kappa shape index (κ3) is 3.96. The van der Waals surface area contributed by atoms with E-state index in [1.807, 2.05) is 6.07 Å². The van der Waals surface area contributed by atoms with Gasteiger partial charge in [-0.05, 0) is 38.4 Å². The molecule has 0 atom stereocenters. The summed E-state index contributed by atoms with van der Waals surface area (Å²) in [7, 11) is 1.73. The highest BCUT2D eigenvalue weighted by Crippen LogP contribution is 2.16. The molecule has 0 spiro atoms. The van der Waals surface area contributed by atoms with Crippen molar-refractivity contribution < 1.29 is 9.59 Å². The Kier molecular flexibility index (Phi) is 5.52. The van der Waals surface area contributed by atoms with Gasteiger partial charge in [0.1, 0.15) is 0 Å². The van der Waals surface area contributed by atoms with Crippen molar-refractivity contribution in [3.8, 4) is 0 Å². The minimum Gasteiger partial charge on any atom is -0.330 e. The Morgan fingerprint density at radius 2 is 2.00 bits per heavy atom. The van der Waals surface area contributed by atoms with Crippen LogP contribution in [-0.4, -0.2) is 25.3 Å². The second-order valence-corrected chi connectivity index (χ2v) is 4.31. The van der Waals surface area contributed by atoms with Crippen LogP contribution in [0.2, 0.25) is 0 Å². The molecule has 0 aliphatic carbocycles. The SMILES string of the molecule is CC(=O)c1cccc(N(C)C(=O)CCCCN)c1. The second kappa shape index (κ2) is 6.91. The number of Topliss-reactive ketones (excluding diaryl/α,β-unsaturated/α-hetero) is 1. The van der Waals surface area contributed by atoms with Crippen molar-refractivity contribution in [2.24, 2.45) is 5.73 Å². The number of nitrogens with two attached hydrogens (primary N) is 1. The molecule has 0 bridgehead atoms. The fraction of sp³-hybridized carbons (Fsp3) is 0.429. The fourth-order valence-corrected chi connectivity index (χ4v) is 1.67. The fourth-order valence-electron chi connectivity index (χ4n) is 1.67. The number of anilines is 1. The Labute approximate surface area is 108 Å². The van der Waals surface area contributed by atoms with Gasteiger partial charge in [-0.25, -0.2) is 0 Å². The smallest absolute Gasteiger partial charge is 0.226 e. The van der Waals surface area contributed by atoms with Gasteiger partial charge < -0.3 is 10.6 Å². The van der Waals surface area contributed by atoms with Gasteiger partial charge in [0.25, 0.3) is 0 Å². The molecule has 0 aliphatic rings. The average molecular weight is 248 g/mol. The maximum atomic E-state index is 11.9. The molecule has 2 N–H and O–H groups in total. The molecule has 4 heteroatoms. The summed E-state index contributed by atoms with van der Waals surface area (Å²) in [6, 6.07) is 7.10. The topological polar surface area (TPSA) is 63.4 Å². The zero-order chi connectivity index (χ0) is 13.5. The first-order valence-electron chi connectivity index (χ1n) is 6.14. The van der Waals surface area contributed by atoms with Crippen LogP contribution < -0.4 is 10.6 Å². The Balaban J connectivity index is 2.71. The highest BCUT2D eigenvalue weighted by Gasteiger charge is 2.11. The largest absolute Gasteiger partial charge is 0.330 e. The first-order valence-corrected chi connectivity index (χ1v) is 6.14. The van der Waals surface area contributed by atoms with Gasteiger partial charge in [-0.3, -0.25) is 9.59 Å². The van der Waals surface area contributed by atoms with Gasteiger partial charge in [-0.15, -0.1) is 0 Å². The lowest BCUT2D eigenvalue weighted by Gasteiger charge is -2.17. The summed E-state index contributed by atoms with van der Waals surface area (Å²) < 4.78 is 0. The molecule has 0 aliphatic heterocycles. The molecule has 98 valence electrons. The van der Waals surface area contributed by atoms with E-state index in [0.29, 0.717) is 18.5 Å². The van der Waals surface area contributed by atoms with E-state index in [1.54, 1.807) is 30.1 Å². The third-order valence-electron chi connectivity index (χ3n) is 2.86. The van der Waals surface area contributed by atoms with Crippen molar-refractivity contribution in [1.29, 1.82) is 0 Å². The summed E-state index contributed by atoms with van der Waals surface area (Å²) in [4.78, 5) is 24.8. The van der Waals surface area contributed by atoms with Crippen LogP contribution in [0.1, 0.15) is 36.5 Å². The van der Waals surface area contributed by atoms with E-state index in [1.165, 1.54) is 6.92 Å². The van der Waals surface area contributed by atoms with E-state index >= 15 is 0 Å². The minimum atomic E-state index is 0.000769. The summed E-state index contributed by atoms with van der Waals surface area (Å²) >= 11 is 0. The van der Waals surface area contributed by atoms with Crippen molar-refractivity contribution in [1.82, 2.24) is 0 Å². The zero-order valence-corrected chi connectivity index (χ0v) is 11.0. The normalized spacial score (nSPS) is 10.2. The van der Waals surface area contributed by atoms with Gasteiger partial charge in [0.15, 0.2) is 5.78 Å². The van der Waals surface area contributed by atoms with E-state index in [2.05, 4.69) is 0 Å². The molecule has 18 heavy (non-hydrogen) atoms. The van der Waals surface area contributed by atoms with Crippen molar-refractivity contribution >= 4 is 17.4 Å². The minimum absolute atomic E-state index is 0.000769. The number of nitrogens with zero attached hydrogens (tertiary/aromatic N) is 1. The van der Waals surface area contributed by atoms with Gasteiger partial charge >= 0.3 is 0 Å². The van der Waals surface area contributed by atoms with Crippen LogP contribution in [0.15, 0.2) is 24.3 Å². The first-order chi connectivity index (χ1) is 8.56. The number of rotatable bonds is 6. The van der Waals surface area contributed by atoms with Gasteiger partial charge in [0.05, 0.1) is 0 Å². The number of carbonyl (C=O) groups excluding carboxylic acids is 2. The lowest BCUT2D eigenvalue weighted by atomic mass is 10.1. The molecule has 0 aromatic heterocycles. The van der Waals surface area contributed by atoms with Gasteiger partial charge in [0.2, 0.25) is 5.91 Å². The summed E-state index contributed by atoms with van der Waals surface area (Å²) in [6.45, 7) is 2.12. The zero-order valence-electron chi connectivity index (χ0n) is 11.0. The monoisotopic (exact) mass is 248 g/mol. The number of hydrogen-bond donors (Lipinski definition) is 1. The van der Waals surface area contributed by atoms with E-state index in [4.69, 9.17) is 5.73 Å². The van der Waals surface area contributed by atoms with Crippen molar-refractivity contribution in [3.63, 3.8) is 0 Å². The Morgan fingerprint density at radius 1 is 1.28 bits per heavy atom. The van der Waals surface area contributed by atoms with Crippen LogP contribution in [0.4, 0.5) is 5.69 Å². The van der Waals surface area contributed by atoms with E-state index < -0.39 is 0 Å². The number of carbonyl (C=O) groups is 2. The predicted octanol–water partition coefficient (Wildman–Crippen LogP) is 1.98. The molecule has 1 amide bonds. The molecule has 0 unspecified atom stereocenters. The Bertz CT molecular complexity index is 430. The van der Waals surface area contributed by atoms with Crippen molar-refractivity contribution in [3.05, 3.63) is 29.8 Å². The van der Waals surface area contributed by atoms with Crippen LogP contribution in [-0.2, 0) is 4.79 Å². The predicted molar refractivity (Wildman–Crippen MR) is 72.8 cm³/mol. The molecule has 0 heterocycles. The highest BCUT2D eigenvalue weighted by atomic mass is 16.2. The van der Waals surface area contributed by atoms with Crippen LogP contribution in [0, 0.1) is 0 Å². The summed E-state index contributed by atoms with van der Waals surface area (Å²) in [6.07, 6.45) is 2.14. The summed E-state index contributed by atoms with van der Waals surface area (Å²) in [5, 5.41) is 0. The van der Waals surface area contributed by atoms with Crippen LogP contribution in [0.5, 0.6) is 0 Å². The molecule has 0 fully saturated rings. The lowest BCUT2D eigenvalue weighted by molar-refractivity contribution is -0.118. The molecule has 0 saturated heterocycles. The summed E-state index contributed by atoms with van der Waals surface area (Å²) in [5.74, 6) is 0.0463. The maximum absolute atomic E-state index is 11.9. The number of ketones is 1. The maximum Gasteiger partial charge on any atom is 0.226 e. The molecule has 1 aromatic carbocycles. The average Bonchev–Trinajstić information content (AvgIpc) is 2.38. The number of benzene rings is 1. The van der Waals surface area contributed by atoms with Crippen molar-refractivity contribution in [2.75, 3.05) is 18.5 Å². The van der Waals surface area contributed by atoms with Crippen LogP contribution in [0.3, 0.4) is 0 Å². The molecule has 0 saturated carbocycles. The standard InChI is InChI=1S/C14H20N2O2/c1-11(17)12-6-5-7-13(10-12)16(2)14(18)8-3-4-9-15/h5-7,10H,3-4,8-9,15H2,1-2H3. The first kappa shape index (κ1) is 14.4. The van der Waals surface area contributed by atoms with E-state index in [-0.39, 0.29) is 11.7 Å². The molecule has 0 radical (unpaired) electrons. The molecule has 4 nitrogen and oxygen atoms in total. The highest BCUT2D eigenvalue weighted by molar-refractivity contribution is 5.97. The molecular weight excluding hydrogens is 228 g/mol. The quantitative estimate of drug-likeness (QED) is 0.618. The number of hydrogen-bond acceptors (Lipinski definition) is 3. The van der Waals surface area contributed by atoms with Crippen LogP contribution in [0.25, 0.3) is 0 Å². The molecule has 1 rings (SSSR count). The van der Waals surface area contributed by atoms with Gasteiger partial charge in [0, 0.05) is 24.7 Å². The van der Waals surface area contributed by atoms with Crippen molar-refractivity contribution in [2.45, 2.75) is 26.2 Å². The molecule has 1 aromatic rings. The molecular formula is C14H20N2O2. The van der Waals surface area contributed by atoms with Gasteiger partial charge in [-0.1, -0.05) is 12.1 Å². The van der Waals surface area contributed by atoms with E-state index in [0.717, 1.165) is 18.5 Å². The second-order valence-electron chi connectivity index (χ2n) is 4.31. The number of amides is 1. The summed E-state index contributed by atoms with van der Waals surface area (Å²) in [5.41, 5.74) is 6.76. The number of unbranched alkanes of at least 4 members (excludes halogenated alkanes) is 1. The lowest BCUT2D eigenvalue weighted by Crippen LogP contribution is -2.26. The van der Waals surface area contributed by atoms with E-state index in [9.17, 15) is 9.59 Å². The third-order valence-corrected chi connectivity index (χ3v) is 2.86. The van der Waals surface area contributed by atoms with Gasteiger partial charge in [-0.2, -0.15) is 0 Å². The Hall–Kier alpha value is -1.68. The Morgan fingerprint density at radius 3 is 2.61 bits per heavy atom. The van der Waals surface area contributed by atoms with Crippen LogP contribution >= 0.6 is 0 Å².